The lowest BCUT2D eigenvalue weighted by Gasteiger charge is -2.26. The van der Waals surface area contributed by atoms with Crippen molar-refractivity contribution in [1.29, 1.82) is 0 Å². The van der Waals surface area contributed by atoms with Gasteiger partial charge in [0.2, 0.25) is 0 Å². The van der Waals surface area contributed by atoms with Gasteiger partial charge in [-0.25, -0.2) is 0 Å². The second-order valence-electron chi connectivity index (χ2n) is 4.56. The molecule has 2 nitrogen and oxygen atoms in total. The van der Waals surface area contributed by atoms with Crippen molar-refractivity contribution in [3.8, 4) is 5.75 Å². The first-order chi connectivity index (χ1) is 8.34. The molecule has 1 aliphatic rings. The monoisotopic (exact) mass is 323 g/mol. The maximum atomic E-state index is 5.70. The molecule has 1 fully saturated rings. The van der Waals surface area contributed by atoms with E-state index in [1.165, 1.54) is 38.9 Å². The van der Waals surface area contributed by atoms with Crippen LogP contribution in [0, 0.1) is 0 Å². The summed E-state index contributed by atoms with van der Waals surface area (Å²) in [6.45, 7) is 4.55. The van der Waals surface area contributed by atoms with Crippen LogP contribution in [0.4, 0.5) is 0 Å². The molecule has 0 amide bonds. The molecule has 1 heterocycles. The molecule has 0 bridgehead atoms. The lowest BCUT2D eigenvalue weighted by molar-refractivity contribution is 0.205. The van der Waals surface area contributed by atoms with Crippen LogP contribution in [-0.4, -0.2) is 54.2 Å². The zero-order valence-electron chi connectivity index (χ0n) is 10.2. The number of rotatable bonds is 5. The summed E-state index contributed by atoms with van der Waals surface area (Å²) >= 11 is 3.42. The van der Waals surface area contributed by atoms with Crippen LogP contribution in [0.5, 0.6) is 5.75 Å². The SMILES string of the molecule is Brc1ccc(OCCCN2CCCCC2)cc1.[MgH2]. The van der Waals surface area contributed by atoms with Gasteiger partial charge < -0.3 is 9.64 Å². The Labute approximate surface area is 134 Å². The molecule has 0 atom stereocenters. The van der Waals surface area contributed by atoms with E-state index in [2.05, 4.69) is 20.8 Å². The van der Waals surface area contributed by atoms with Crippen molar-refractivity contribution >= 4 is 39.0 Å². The third-order valence-electron chi connectivity index (χ3n) is 3.15. The van der Waals surface area contributed by atoms with Gasteiger partial charge in [0.1, 0.15) is 5.75 Å². The van der Waals surface area contributed by atoms with Gasteiger partial charge in [0.05, 0.1) is 6.61 Å². The Kier molecular flexibility index (Phi) is 8.30. The Morgan fingerprint density at radius 1 is 1.06 bits per heavy atom. The fourth-order valence-electron chi connectivity index (χ4n) is 2.19. The molecule has 1 aromatic carbocycles. The zero-order chi connectivity index (χ0) is 11.9. The Morgan fingerprint density at radius 3 is 2.39 bits per heavy atom. The molecule has 0 aliphatic carbocycles. The van der Waals surface area contributed by atoms with E-state index in [-0.39, 0.29) is 23.1 Å². The molecule has 0 N–H and O–H groups in total. The number of likely N-dealkylation sites (tertiary alicyclic amines) is 1. The molecule has 18 heavy (non-hydrogen) atoms. The number of halogens is 1. The van der Waals surface area contributed by atoms with Crippen molar-refractivity contribution in [3.63, 3.8) is 0 Å². The van der Waals surface area contributed by atoms with Crippen molar-refractivity contribution in [2.24, 2.45) is 0 Å². The molecule has 0 saturated carbocycles. The normalized spacial score (nSPS) is 16.1. The summed E-state index contributed by atoms with van der Waals surface area (Å²) in [5.74, 6) is 0.965. The topological polar surface area (TPSA) is 12.5 Å². The Morgan fingerprint density at radius 2 is 1.72 bits per heavy atom. The van der Waals surface area contributed by atoms with Crippen molar-refractivity contribution in [3.05, 3.63) is 28.7 Å². The van der Waals surface area contributed by atoms with Crippen LogP contribution in [0.2, 0.25) is 0 Å². The molecule has 0 radical (unpaired) electrons. The van der Waals surface area contributed by atoms with Crippen molar-refractivity contribution < 1.29 is 4.74 Å². The quantitative estimate of drug-likeness (QED) is 0.610. The Balaban J connectivity index is 0.00000162. The summed E-state index contributed by atoms with van der Waals surface area (Å²) < 4.78 is 6.80. The highest BCUT2D eigenvalue weighted by atomic mass is 79.9. The molecule has 2 rings (SSSR count). The fourth-order valence-corrected chi connectivity index (χ4v) is 2.46. The van der Waals surface area contributed by atoms with Crippen LogP contribution in [0.15, 0.2) is 28.7 Å². The average Bonchev–Trinajstić information content (AvgIpc) is 2.38. The van der Waals surface area contributed by atoms with Crippen molar-refractivity contribution in [2.75, 3.05) is 26.2 Å². The van der Waals surface area contributed by atoms with Gasteiger partial charge in [-0.3, -0.25) is 0 Å². The molecular weight excluding hydrogens is 302 g/mol. The lowest BCUT2D eigenvalue weighted by atomic mass is 10.1. The largest absolute Gasteiger partial charge is 0.494 e. The van der Waals surface area contributed by atoms with E-state index < -0.39 is 0 Å². The van der Waals surface area contributed by atoms with Gasteiger partial charge in [0.25, 0.3) is 0 Å². The molecule has 0 spiro atoms. The molecule has 1 saturated heterocycles. The zero-order valence-corrected chi connectivity index (χ0v) is 11.8. The Hall–Kier alpha value is 0.226. The molecular formula is C14H22BrMgNO. The third kappa shape index (κ3) is 5.91. The highest BCUT2D eigenvalue weighted by Gasteiger charge is 2.08. The van der Waals surface area contributed by atoms with E-state index in [0.29, 0.717) is 0 Å². The number of hydrogen-bond donors (Lipinski definition) is 0. The van der Waals surface area contributed by atoms with Gasteiger partial charge in [-0.2, -0.15) is 0 Å². The second-order valence-corrected chi connectivity index (χ2v) is 5.47. The van der Waals surface area contributed by atoms with Crippen molar-refractivity contribution in [2.45, 2.75) is 25.7 Å². The van der Waals surface area contributed by atoms with Gasteiger partial charge in [0, 0.05) is 11.0 Å². The van der Waals surface area contributed by atoms with Gasteiger partial charge in [-0.05, 0) is 56.6 Å². The van der Waals surface area contributed by atoms with Gasteiger partial charge in [-0.1, -0.05) is 22.4 Å². The highest BCUT2D eigenvalue weighted by Crippen LogP contribution is 2.16. The van der Waals surface area contributed by atoms with Gasteiger partial charge >= 0.3 is 23.1 Å². The minimum absolute atomic E-state index is 0. The van der Waals surface area contributed by atoms with Crippen LogP contribution in [0.3, 0.4) is 0 Å². The number of ether oxygens (including phenoxy) is 1. The summed E-state index contributed by atoms with van der Waals surface area (Å²) in [5.41, 5.74) is 0. The summed E-state index contributed by atoms with van der Waals surface area (Å²) in [5, 5.41) is 0. The first-order valence-corrected chi connectivity index (χ1v) is 7.24. The molecule has 1 aromatic rings. The van der Waals surface area contributed by atoms with Crippen molar-refractivity contribution in [1.82, 2.24) is 4.90 Å². The van der Waals surface area contributed by atoms with Gasteiger partial charge in [-0.15, -0.1) is 0 Å². The third-order valence-corrected chi connectivity index (χ3v) is 3.68. The van der Waals surface area contributed by atoms with Crippen LogP contribution < -0.4 is 4.74 Å². The maximum absolute atomic E-state index is 5.70. The number of benzene rings is 1. The minimum atomic E-state index is 0. The van der Waals surface area contributed by atoms with E-state index in [1.54, 1.807) is 0 Å². The summed E-state index contributed by atoms with van der Waals surface area (Å²) in [6, 6.07) is 8.04. The van der Waals surface area contributed by atoms with E-state index in [0.717, 1.165) is 23.2 Å². The van der Waals surface area contributed by atoms with E-state index in [1.807, 2.05) is 24.3 Å². The predicted molar refractivity (Wildman–Crippen MR) is 83.1 cm³/mol. The van der Waals surface area contributed by atoms with Crippen LogP contribution in [-0.2, 0) is 0 Å². The standard InChI is InChI=1S/C14H20BrNO.Mg.2H/c15-13-5-7-14(8-6-13)17-12-4-11-16-9-2-1-3-10-16;;;/h5-8H,1-4,9-12H2;;;. The fraction of sp³-hybridized carbons (Fsp3) is 0.571. The summed E-state index contributed by atoms with van der Waals surface area (Å²) in [7, 11) is 0. The summed E-state index contributed by atoms with van der Waals surface area (Å²) in [4.78, 5) is 2.55. The Bertz CT molecular complexity index is 325. The van der Waals surface area contributed by atoms with Gasteiger partial charge in [0.15, 0.2) is 0 Å². The predicted octanol–water partition coefficient (Wildman–Crippen LogP) is 2.79. The molecule has 98 valence electrons. The minimum Gasteiger partial charge on any atom is -0.494 e. The van der Waals surface area contributed by atoms with E-state index in [9.17, 15) is 0 Å². The maximum Gasteiger partial charge on any atom is 0.316 e. The molecule has 4 heteroatoms. The van der Waals surface area contributed by atoms with E-state index in [4.69, 9.17) is 4.74 Å². The van der Waals surface area contributed by atoms with Crippen LogP contribution in [0.25, 0.3) is 0 Å². The molecule has 1 aliphatic heterocycles. The lowest BCUT2D eigenvalue weighted by Crippen LogP contribution is -2.31. The van der Waals surface area contributed by atoms with Crippen LogP contribution >= 0.6 is 15.9 Å². The molecule has 0 aromatic heterocycles. The number of nitrogens with zero attached hydrogens (tertiary/aromatic N) is 1. The first kappa shape index (κ1) is 16.3. The average molecular weight is 325 g/mol. The first-order valence-electron chi connectivity index (χ1n) is 6.45. The number of hydrogen-bond acceptors (Lipinski definition) is 2. The number of piperidine rings is 1. The van der Waals surface area contributed by atoms with Crippen LogP contribution in [0.1, 0.15) is 25.7 Å². The molecule has 0 unspecified atom stereocenters. The highest BCUT2D eigenvalue weighted by molar-refractivity contribution is 9.10. The smallest absolute Gasteiger partial charge is 0.316 e. The van der Waals surface area contributed by atoms with E-state index >= 15 is 0 Å². The second kappa shape index (κ2) is 9.18. The summed E-state index contributed by atoms with van der Waals surface area (Å²) in [6.07, 6.45) is 5.27.